The molecule has 1 aromatic heterocycles. The van der Waals surface area contributed by atoms with Crippen LogP contribution in [0.1, 0.15) is 40.1 Å². The highest BCUT2D eigenvalue weighted by Gasteiger charge is 2.36. The maximum Gasteiger partial charge on any atom is 0.305 e. The number of pyridine rings is 1. The van der Waals surface area contributed by atoms with Crippen LogP contribution in [-0.4, -0.2) is 53.7 Å². The molecular formula is C15H19N3O5. The predicted octanol–water partition coefficient (Wildman–Crippen LogP) is 0.195. The number of carbonyl (C=O) groups excluding carboxylic acids is 2. The van der Waals surface area contributed by atoms with Gasteiger partial charge in [-0.1, -0.05) is 0 Å². The molecule has 1 saturated heterocycles. The van der Waals surface area contributed by atoms with Crippen LogP contribution in [0, 0.1) is 0 Å². The number of aromatic nitrogens is 1. The van der Waals surface area contributed by atoms with Gasteiger partial charge in [-0.15, -0.1) is 0 Å². The van der Waals surface area contributed by atoms with Crippen molar-refractivity contribution in [1.82, 2.24) is 15.6 Å². The number of nitrogens with one attached hydrogen (secondary N) is 2. The SMILES string of the molecule is CNC(=O)c1ccc(C(=O)NC2(CC(=O)O)CCOCC2)cn1. The Bertz CT molecular complexity index is 594. The molecule has 8 heteroatoms. The maximum atomic E-state index is 12.4. The van der Waals surface area contributed by atoms with Gasteiger partial charge in [0.05, 0.1) is 17.5 Å². The monoisotopic (exact) mass is 321 g/mol. The first-order valence-corrected chi connectivity index (χ1v) is 7.26. The molecule has 1 aliphatic rings. The van der Waals surface area contributed by atoms with E-state index in [4.69, 9.17) is 9.84 Å². The lowest BCUT2D eigenvalue weighted by Gasteiger charge is -2.36. The van der Waals surface area contributed by atoms with Crippen LogP contribution in [0.25, 0.3) is 0 Å². The van der Waals surface area contributed by atoms with Gasteiger partial charge in [-0.25, -0.2) is 0 Å². The first kappa shape index (κ1) is 16.9. The second-order valence-corrected chi connectivity index (χ2v) is 5.43. The van der Waals surface area contributed by atoms with Gasteiger partial charge in [0, 0.05) is 26.5 Å². The Morgan fingerprint density at radius 3 is 2.48 bits per heavy atom. The molecule has 124 valence electrons. The van der Waals surface area contributed by atoms with E-state index in [1.807, 2.05) is 0 Å². The van der Waals surface area contributed by atoms with Crippen molar-refractivity contribution in [3.05, 3.63) is 29.6 Å². The van der Waals surface area contributed by atoms with Crippen molar-refractivity contribution in [2.75, 3.05) is 20.3 Å². The van der Waals surface area contributed by atoms with Gasteiger partial charge in [-0.05, 0) is 25.0 Å². The zero-order valence-corrected chi connectivity index (χ0v) is 12.8. The summed E-state index contributed by atoms with van der Waals surface area (Å²) in [7, 11) is 1.49. The summed E-state index contributed by atoms with van der Waals surface area (Å²) in [6, 6.07) is 2.93. The van der Waals surface area contributed by atoms with E-state index in [9.17, 15) is 14.4 Å². The van der Waals surface area contributed by atoms with E-state index < -0.39 is 17.4 Å². The largest absolute Gasteiger partial charge is 0.481 e. The van der Waals surface area contributed by atoms with Gasteiger partial charge in [-0.2, -0.15) is 0 Å². The van der Waals surface area contributed by atoms with Crippen molar-refractivity contribution in [2.45, 2.75) is 24.8 Å². The van der Waals surface area contributed by atoms with Crippen LogP contribution in [0.5, 0.6) is 0 Å². The van der Waals surface area contributed by atoms with Gasteiger partial charge in [0.2, 0.25) is 0 Å². The van der Waals surface area contributed by atoms with Gasteiger partial charge < -0.3 is 20.5 Å². The fourth-order valence-electron chi connectivity index (χ4n) is 2.50. The third-order valence-electron chi connectivity index (χ3n) is 3.80. The minimum atomic E-state index is -0.972. The molecule has 0 bridgehead atoms. The van der Waals surface area contributed by atoms with E-state index in [2.05, 4.69) is 15.6 Å². The van der Waals surface area contributed by atoms with Crippen molar-refractivity contribution in [3.8, 4) is 0 Å². The Kier molecular flexibility index (Phi) is 5.28. The Morgan fingerprint density at radius 2 is 1.96 bits per heavy atom. The van der Waals surface area contributed by atoms with Gasteiger partial charge >= 0.3 is 5.97 Å². The zero-order valence-electron chi connectivity index (χ0n) is 12.8. The van der Waals surface area contributed by atoms with Crippen molar-refractivity contribution >= 4 is 17.8 Å². The van der Waals surface area contributed by atoms with E-state index in [0.29, 0.717) is 26.1 Å². The average molecular weight is 321 g/mol. The number of carbonyl (C=O) groups is 3. The standard InChI is InChI=1S/C15H19N3O5/c1-16-14(22)11-3-2-10(9-17-11)13(21)18-15(8-12(19)20)4-6-23-7-5-15/h2-3,9H,4-8H2,1H3,(H,16,22)(H,18,21)(H,19,20). The lowest BCUT2D eigenvalue weighted by molar-refractivity contribution is -0.139. The average Bonchev–Trinajstić information content (AvgIpc) is 2.54. The summed E-state index contributed by atoms with van der Waals surface area (Å²) in [6.07, 6.45) is 2.02. The van der Waals surface area contributed by atoms with Crippen molar-refractivity contribution in [3.63, 3.8) is 0 Å². The first-order chi connectivity index (χ1) is 11.0. The minimum Gasteiger partial charge on any atom is -0.481 e. The van der Waals surface area contributed by atoms with E-state index in [1.54, 1.807) is 0 Å². The molecule has 0 spiro atoms. The molecule has 0 atom stereocenters. The van der Waals surface area contributed by atoms with Gasteiger partial charge in [0.25, 0.3) is 11.8 Å². The molecule has 2 rings (SSSR count). The number of ether oxygens (including phenoxy) is 1. The topological polar surface area (TPSA) is 118 Å². The predicted molar refractivity (Wildman–Crippen MR) is 80.1 cm³/mol. The highest BCUT2D eigenvalue weighted by Crippen LogP contribution is 2.25. The lowest BCUT2D eigenvalue weighted by atomic mass is 9.86. The number of hydrogen-bond donors (Lipinski definition) is 3. The molecule has 1 aliphatic heterocycles. The molecule has 3 N–H and O–H groups in total. The Balaban J connectivity index is 2.12. The van der Waals surface area contributed by atoms with Crippen LogP contribution in [0.15, 0.2) is 18.3 Å². The number of amides is 2. The molecular weight excluding hydrogens is 302 g/mol. The molecule has 0 aliphatic carbocycles. The lowest BCUT2D eigenvalue weighted by Crippen LogP contribution is -2.53. The van der Waals surface area contributed by atoms with Crippen LogP contribution < -0.4 is 10.6 Å². The summed E-state index contributed by atoms with van der Waals surface area (Å²) in [5, 5.41) is 14.3. The number of aliphatic carboxylic acids is 1. The molecule has 1 aromatic rings. The second kappa shape index (κ2) is 7.19. The quantitative estimate of drug-likeness (QED) is 0.713. The summed E-state index contributed by atoms with van der Waals surface area (Å²) in [6.45, 7) is 0.808. The van der Waals surface area contributed by atoms with Gasteiger partial charge in [0.15, 0.2) is 0 Å². The molecule has 23 heavy (non-hydrogen) atoms. The summed E-state index contributed by atoms with van der Waals surface area (Å²) in [5.74, 6) is -1.73. The fourth-order valence-corrected chi connectivity index (χ4v) is 2.50. The van der Waals surface area contributed by atoms with Crippen LogP contribution in [0.3, 0.4) is 0 Å². The van der Waals surface area contributed by atoms with Crippen LogP contribution >= 0.6 is 0 Å². The first-order valence-electron chi connectivity index (χ1n) is 7.26. The molecule has 0 aromatic carbocycles. The molecule has 2 heterocycles. The Hall–Kier alpha value is -2.48. The molecule has 0 unspecified atom stereocenters. The van der Waals surface area contributed by atoms with Gasteiger partial charge in [0.1, 0.15) is 5.69 Å². The highest BCUT2D eigenvalue weighted by atomic mass is 16.5. The number of carboxylic acids is 1. The molecule has 0 saturated carbocycles. The molecule has 1 fully saturated rings. The number of hydrogen-bond acceptors (Lipinski definition) is 5. The summed E-state index contributed by atoms with van der Waals surface area (Å²) >= 11 is 0. The summed E-state index contributed by atoms with van der Waals surface area (Å²) in [5.41, 5.74) is -0.343. The number of carboxylic acid groups (broad SMARTS) is 1. The van der Waals surface area contributed by atoms with Crippen molar-refractivity contribution < 1.29 is 24.2 Å². The van der Waals surface area contributed by atoms with E-state index >= 15 is 0 Å². The van der Waals surface area contributed by atoms with Crippen molar-refractivity contribution in [1.29, 1.82) is 0 Å². The van der Waals surface area contributed by atoms with E-state index in [0.717, 1.165) is 0 Å². The van der Waals surface area contributed by atoms with Gasteiger partial charge in [-0.3, -0.25) is 19.4 Å². The molecule has 8 nitrogen and oxygen atoms in total. The summed E-state index contributed by atoms with van der Waals surface area (Å²) in [4.78, 5) is 38.8. The third-order valence-corrected chi connectivity index (χ3v) is 3.80. The normalized spacial score (nSPS) is 16.4. The van der Waals surface area contributed by atoms with Crippen LogP contribution in [0.4, 0.5) is 0 Å². The second-order valence-electron chi connectivity index (χ2n) is 5.43. The van der Waals surface area contributed by atoms with Crippen LogP contribution in [-0.2, 0) is 9.53 Å². The van der Waals surface area contributed by atoms with Crippen LogP contribution in [0.2, 0.25) is 0 Å². The third kappa shape index (κ3) is 4.26. The smallest absolute Gasteiger partial charge is 0.305 e. The number of rotatable bonds is 5. The minimum absolute atomic E-state index is 0.161. The Morgan fingerprint density at radius 1 is 1.26 bits per heavy atom. The summed E-state index contributed by atoms with van der Waals surface area (Å²) < 4.78 is 5.25. The molecule has 0 radical (unpaired) electrons. The Labute approximate surface area is 133 Å². The molecule has 2 amide bonds. The maximum absolute atomic E-state index is 12.4. The van der Waals surface area contributed by atoms with E-state index in [1.165, 1.54) is 25.4 Å². The zero-order chi connectivity index (χ0) is 16.9. The fraction of sp³-hybridized carbons (Fsp3) is 0.467. The van der Waals surface area contributed by atoms with E-state index in [-0.39, 0.29) is 23.6 Å². The highest BCUT2D eigenvalue weighted by molar-refractivity contribution is 5.96. The van der Waals surface area contributed by atoms with Crippen molar-refractivity contribution in [2.24, 2.45) is 0 Å². The number of nitrogens with zero attached hydrogens (tertiary/aromatic N) is 1.